The summed E-state index contributed by atoms with van der Waals surface area (Å²) < 4.78 is 79.5. The van der Waals surface area contributed by atoms with E-state index in [9.17, 15) is 36.0 Å². The number of benzene rings is 4. The van der Waals surface area contributed by atoms with Gasteiger partial charge in [0, 0.05) is 48.3 Å². The second-order valence-electron chi connectivity index (χ2n) is 11.6. The molecule has 254 valence electrons. The Kier molecular flexibility index (Phi) is 8.39. The highest BCUT2D eigenvalue weighted by atomic mass is 32.2. The molecule has 4 aromatic carbocycles. The summed E-state index contributed by atoms with van der Waals surface area (Å²) in [4.78, 5) is 44.0. The third-order valence-electron chi connectivity index (χ3n) is 8.76. The van der Waals surface area contributed by atoms with Crippen molar-refractivity contribution in [3.63, 3.8) is 0 Å². The number of imide groups is 1. The van der Waals surface area contributed by atoms with Crippen LogP contribution in [0.15, 0.2) is 77.7 Å². The maximum absolute atomic E-state index is 14.0. The lowest BCUT2D eigenvalue weighted by Gasteiger charge is -2.31. The summed E-state index contributed by atoms with van der Waals surface area (Å²) in [6.07, 6.45) is -4.69. The molecule has 0 unspecified atom stereocenters. The van der Waals surface area contributed by atoms with Gasteiger partial charge >= 0.3 is 6.18 Å². The number of halogens is 3. The van der Waals surface area contributed by atoms with Gasteiger partial charge < -0.3 is 19.7 Å². The van der Waals surface area contributed by atoms with Gasteiger partial charge in [-0.25, -0.2) is 13.3 Å². The third-order valence-corrected chi connectivity index (χ3v) is 10.7. The van der Waals surface area contributed by atoms with Crippen LogP contribution in [-0.4, -0.2) is 83.1 Å². The van der Waals surface area contributed by atoms with Crippen molar-refractivity contribution in [2.75, 3.05) is 67.7 Å². The van der Waals surface area contributed by atoms with E-state index in [0.29, 0.717) is 36.9 Å². The second kappa shape index (κ2) is 12.6. The van der Waals surface area contributed by atoms with Crippen molar-refractivity contribution >= 4 is 55.6 Å². The lowest BCUT2D eigenvalue weighted by atomic mass is 9.90. The number of carbonyl (C=O) groups is 3. The number of nitrogens with one attached hydrogen (secondary N) is 1. The van der Waals surface area contributed by atoms with Crippen LogP contribution in [0.5, 0.6) is 0 Å². The highest BCUT2D eigenvalue weighted by molar-refractivity contribution is 7.89. The molecule has 49 heavy (non-hydrogen) atoms. The Morgan fingerprint density at radius 3 is 2.12 bits per heavy atom. The van der Waals surface area contributed by atoms with Gasteiger partial charge in [0.05, 0.1) is 53.9 Å². The van der Waals surface area contributed by atoms with E-state index >= 15 is 0 Å². The number of alkyl halides is 3. The molecule has 0 radical (unpaired) electrons. The molecule has 3 aliphatic heterocycles. The molecule has 3 aliphatic rings. The monoisotopic (exact) mass is 694 g/mol. The Bertz CT molecular complexity index is 2090. The number of anilines is 3. The number of amides is 3. The number of ether oxygens (including phenoxy) is 2. The summed E-state index contributed by atoms with van der Waals surface area (Å²) in [6, 6.07) is 15.8. The highest BCUT2D eigenvalue weighted by Crippen LogP contribution is 2.38. The van der Waals surface area contributed by atoms with E-state index < -0.39 is 39.5 Å². The minimum absolute atomic E-state index is 0.00974. The van der Waals surface area contributed by atoms with Gasteiger partial charge in [0.25, 0.3) is 17.7 Å². The molecule has 7 rings (SSSR count). The van der Waals surface area contributed by atoms with E-state index in [1.165, 1.54) is 46.8 Å². The zero-order valence-electron chi connectivity index (χ0n) is 25.8. The van der Waals surface area contributed by atoms with E-state index in [0.717, 1.165) is 18.2 Å². The molecule has 15 heteroatoms. The molecule has 0 atom stereocenters. The SMILES string of the molecule is O=C(Nc1cc(S(=O)(=O)N2CCOCC2)ccc1N1CCOCC1)c1ccc2c3c(cccc13)C(=O)N(c1cccc(C(F)(F)F)c1)C2=O. The summed E-state index contributed by atoms with van der Waals surface area (Å²) in [7, 11) is -3.91. The molecule has 2 saturated heterocycles. The van der Waals surface area contributed by atoms with Crippen molar-refractivity contribution in [1.82, 2.24) is 4.31 Å². The van der Waals surface area contributed by atoms with Crippen LogP contribution in [0.25, 0.3) is 10.8 Å². The van der Waals surface area contributed by atoms with Gasteiger partial charge in [-0.2, -0.15) is 17.5 Å². The number of nitrogens with zero attached hydrogens (tertiary/aromatic N) is 3. The van der Waals surface area contributed by atoms with Crippen LogP contribution in [0.2, 0.25) is 0 Å². The molecular formula is C34H29F3N4O7S. The molecule has 0 saturated carbocycles. The lowest BCUT2D eigenvalue weighted by molar-refractivity contribution is -0.137. The Labute approximate surface area is 278 Å². The average molecular weight is 695 g/mol. The predicted octanol–water partition coefficient (Wildman–Crippen LogP) is 4.77. The summed E-state index contributed by atoms with van der Waals surface area (Å²) in [6.45, 7) is 2.81. The van der Waals surface area contributed by atoms with Crippen LogP contribution < -0.4 is 15.1 Å². The predicted molar refractivity (Wildman–Crippen MR) is 174 cm³/mol. The number of hydrogen-bond acceptors (Lipinski definition) is 8. The minimum Gasteiger partial charge on any atom is -0.379 e. The van der Waals surface area contributed by atoms with E-state index in [4.69, 9.17) is 9.47 Å². The Balaban J connectivity index is 1.26. The Morgan fingerprint density at radius 1 is 0.776 bits per heavy atom. The van der Waals surface area contributed by atoms with Crippen molar-refractivity contribution in [3.05, 3.63) is 95.1 Å². The maximum Gasteiger partial charge on any atom is 0.416 e. The fraction of sp³-hybridized carbons (Fsp3) is 0.265. The van der Waals surface area contributed by atoms with Gasteiger partial charge in [-0.15, -0.1) is 0 Å². The molecule has 0 aliphatic carbocycles. The van der Waals surface area contributed by atoms with Gasteiger partial charge in [-0.05, 0) is 60.0 Å². The smallest absolute Gasteiger partial charge is 0.379 e. The van der Waals surface area contributed by atoms with Crippen molar-refractivity contribution in [2.24, 2.45) is 0 Å². The number of rotatable bonds is 6. The van der Waals surface area contributed by atoms with E-state index in [2.05, 4.69) is 5.32 Å². The number of sulfonamides is 1. The Morgan fingerprint density at radius 2 is 1.43 bits per heavy atom. The minimum atomic E-state index is -4.69. The topological polar surface area (TPSA) is 126 Å². The molecule has 11 nitrogen and oxygen atoms in total. The summed E-state index contributed by atoms with van der Waals surface area (Å²) in [5, 5.41) is 3.32. The first kappa shape index (κ1) is 32.7. The molecule has 1 N–H and O–H groups in total. The number of carbonyl (C=O) groups excluding carboxylic acids is 3. The second-order valence-corrected chi connectivity index (χ2v) is 13.6. The number of morpholine rings is 2. The van der Waals surface area contributed by atoms with Crippen LogP contribution in [0, 0.1) is 0 Å². The van der Waals surface area contributed by atoms with E-state index in [1.807, 2.05) is 4.90 Å². The quantitative estimate of drug-likeness (QED) is 0.287. The van der Waals surface area contributed by atoms with Crippen LogP contribution in [0.3, 0.4) is 0 Å². The molecule has 3 amide bonds. The van der Waals surface area contributed by atoms with E-state index in [-0.39, 0.29) is 70.0 Å². The molecule has 4 aromatic rings. The molecule has 0 spiro atoms. The molecule has 0 aromatic heterocycles. The zero-order chi connectivity index (χ0) is 34.5. The highest BCUT2D eigenvalue weighted by Gasteiger charge is 2.37. The summed E-state index contributed by atoms with van der Waals surface area (Å²) in [5.41, 5.74) is -0.259. The molecule has 3 heterocycles. The van der Waals surface area contributed by atoms with Gasteiger partial charge in [0.2, 0.25) is 10.0 Å². The number of hydrogen-bond donors (Lipinski definition) is 1. The average Bonchev–Trinajstić information content (AvgIpc) is 3.11. The standard InChI is InChI=1S/C34H29F3N4O7S/c35-34(36,37)21-3-1-4-22(19-21)41-32(43)26-6-2-5-24-25(8-9-27(30(24)26)33(41)44)31(42)38-28-20-23(49(45,46)40-13-17-48-18-14-40)7-10-29(28)39-11-15-47-16-12-39/h1-10,19-20H,11-18H2,(H,38,42). The molecule has 2 fully saturated rings. The lowest BCUT2D eigenvalue weighted by Crippen LogP contribution is -2.41. The maximum atomic E-state index is 14.0. The van der Waals surface area contributed by atoms with Gasteiger partial charge in [0.1, 0.15) is 0 Å². The third kappa shape index (κ3) is 5.92. The largest absolute Gasteiger partial charge is 0.416 e. The first-order chi connectivity index (χ1) is 23.4. The van der Waals surface area contributed by atoms with Crippen LogP contribution >= 0.6 is 0 Å². The van der Waals surface area contributed by atoms with Gasteiger partial charge in [-0.1, -0.05) is 18.2 Å². The van der Waals surface area contributed by atoms with Crippen molar-refractivity contribution in [1.29, 1.82) is 0 Å². The van der Waals surface area contributed by atoms with Crippen LogP contribution in [-0.2, 0) is 25.7 Å². The Hall–Kier alpha value is -4.83. The van der Waals surface area contributed by atoms with Crippen LogP contribution in [0.1, 0.15) is 36.6 Å². The zero-order valence-corrected chi connectivity index (χ0v) is 26.6. The first-order valence-electron chi connectivity index (χ1n) is 15.4. The van der Waals surface area contributed by atoms with Crippen molar-refractivity contribution in [3.8, 4) is 0 Å². The molecular weight excluding hydrogens is 665 g/mol. The first-order valence-corrected chi connectivity index (χ1v) is 16.9. The molecule has 0 bridgehead atoms. The fourth-order valence-electron chi connectivity index (χ4n) is 6.33. The fourth-order valence-corrected chi connectivity index (χ4v) is 7.77. The summed E-state index contributed by atoms with van der Waals surface area (Å²) in [5.74, 6) is -2.30. The normalized spacial score (nSPS) is 17.4. The van der Waals surface area contributed by atoms with Gasteiger partial charge in [0.15, 0.2) is 0 Å². The van der Waals surface area contributed by atoms with Crippen molar-refractivity contribution in [2.45, 2.75) is 11.1 Å². The van der Waals surface area contributed by atoms with Gasteiger partial charge in [-0.3, -0.25) is 14.4 Å². The van der Waals surface area contributed by atoms with Crippen molar-refractivity contribution < 1.29 is 45.4 Å². The van der Waals surface area contributed by atoms with Crippen LogP contribution in [0.4, 0.5) is 30.2 Å². The summed E-state index contributed by atoms with van der Waals surface area (Å²) >= 11 is 0. The van der Waals surface area contributed by atoms with E-state index in [1.54, 1.807) is 12.1 Å².